The van der Waals surface area contributed by atoms with Gasteiger partial charge in [0, 0.05) is 12.5 Å². The molecule has 11 heavy (non-hydrogen) atoms. The van der Waals surface area contributed by atoms with Gasteiger partial charge in [0.1, 0.15) is 0 Å². The first-order valence-corrected chi connectivity index (χ1v) is 3.78. The van der Waals surface area contributed by atoms with Gasteiger partial charge in [0.05, 0.1) is 0 Å². The Morgan fingerprint density at radius 3 is 2.36 bits per heavy atom. The molecule has 0 bridgehead atoms. The van der Waals surface area contributed by atoms with Gasteiger partial charge in [0.15, 0.2) is 5.78 Å². The normalized spacial score (nSPS) is 14.2. The molecule has 0 amide bonds. The monoisotopic (exact) mass is 155 g/mol. The minimum atomic E-state index is -0.0759. The quantitative estimate of drug-likeness (QED) is 0.628. The molecule has 0 heterocycles. The Labute approximate surface area is 68.5 Å². The molecule has 0 saturated carbocycles. The van der Waals surface area contributed by atoms with Crippen LogP contribution in [0.2, 0.25) is 0 Å². The third-order valence-electron chi connectivity index (χ3n) is 1.76. The van der Waals surface area contributed by atoms with E-state index in [-0.39, 0.29) is 17.2 Å². The number of hydrogen-bond acceptors (Lipinski definition) is 2. The highest BCUT2D eigenvalue weighted by Crippen LogP contribution is 2.19. The average Bonchev–Trinajstić information content (AvgIpc) is 1.85. The van der Waals surface area contributed by atoms with Gasteiger partial charge in [-0.25, -0.2) is 0 Å². The molecule has 0 aliphatic rings. The molecule has 1 atom stereocenters. The number of rotatable bonds is 3. The Morgan fingerprint density at radius 2 is 2.09 bits per heavy atom. The van der Waals surface area contributed by atoms with E-state index in [9.17, 15) is 4.79 Å². The minimum Gasteiger partial charge on any atom is -0.327 e. The second-order valence-electron chi connectivity index (χ2n) is 3.85. The van der Waals surface area contributed by atoms with Gasteiger partial charge in [-0.15, -0.1) is 0 Å². The fourth-order valence-corrected chi connectivity index (χ4v) is 0.606. The summed E-state index contributed by atoms with van der Waals surface area (Å²) in [5.74, 6) is 0.0208. The summed E-state index contributed by atoms with van der Waals surface area (Å²) in [6.45, 7) is 9.46. The first kappa shape index (κ1) is 10.4. The smallest absolute Gasteiger partial charge is 0.156 e. The molecule has 0 rings (SSSR count). The van der Waals surface area contributed by atoms with Crippen LogP contribution in [0, 0.1) is 5.41 Å². The van der Waals surface area contributed by atoms with E-state index in [4.69, 9.17) is 5.73 Å². The predicted molar refractivity (Wildman–Crippen MR) is 47.3 cm³/mol. The molecule has 1 unspecified atom stereocenters. The average molecular weight is 155 g/mol. The van der Waals surface area contributed by atoms with Gasteiger partial charge in [0.25, 0.3) is 0 Å². The van der Waals surface area contributed by atoms with E-state index in [0.717, 1.165) is 0 Å². The summed E-state index contributed by atoms with van der Waals surface area (Å²) < 4.78 is 0. The van der Waals surface area contributed by atoms with Crippen LogP contribution in [0.15, 0.2) is 12.7 Å². The van der Waals surface area contributed by atoms with Gasteiger partial charge in [0.2, 0.25) is 0 Å². The van der Waals surface area contributed by atoms with E-state index in [2.05, 4.69) is 6.58 Å². The zero-order valence-corrected chi connectivity index (χ0v) is 7.55. The molecule has 2 nitrogen and oxygen atoms in total. The molecule has 0 aromatic carbocycles. The van der Waals surface area contributed by atoms with Gasteiger partial charge >= 0.3 is 0 Å². The van der Waals surface area contributed by atoms with Crippen LogP contribution in [0.25, 0.3) is 0 Å². The molecule has 0 aliphatic heterocycles. The Balaban J connectivity index is 3.97. The van der Waals surface area contributed by atoms with E-state index < -0.39 is 0 Å². The molecule has 2 N–H and O–H groups in total. The van der Waals surface area contributed by atoms with E-state index in [1.54, 1.807) is 0 Å². The zero-order valence-electron chi connectivity index (χ0n) is 7.55. The number of hydrogen-bond donors (Lipinski definition) is 1. The standard InChI is InChI=1S/C9H17NO/c1-5-7(11)6-8(10)9(2,3)4/h5,8H,1,6,10H2,2-4H3. The van der Waals surface area contributed by atoms with Gasteiger partial charge in [-0.3, -0.25) is 4.79 Å². The van der Waals surface area contributed by atoms with Crippen molar-refractivity contribution in [2.75, 3.05) is 0 Å². The molecular formula is C9H17NO. The lowest BCUT2D eigenvalue weighted by molar-refractivity contribution is -0.115. The van der Waals surface area contributed by atoms with E-state index >= 15 is 0 Å². The number of nitrogens with two attached hydrogens (primary N) is 1. The number of carbonyl (C=O) groups is 1. The van der Waals surface area contributed by atoms with Crippen molar-refractivity contribution >= 4 is 5.78 Å². The fraction of sp³-hybridized carbons (Fsp3) is 0.667. The van der Waals surface area contributed by atoms with Crippen LogP contribution in [0.4, 0.5) is 0 Å². The van der Waals surface area contributed by atoms with Crippen molar-refractivity contribution in [2.24, 2.45) is 11.1 Å². The largest absolute Gasteiger partial charge is 0.327 e. The Bertz CT molecular complexity index is 155. The molecule has 0 saturated heterocycles. The van der Waals surface area contributed by atoms with Crippen molar-refractivity contribution in [3.05, 3.63) is 12.7 Å². The first-order chi connectivity index (χ1) is 4.88. The lowest BCUT2D eigenvalue weighted by atomic mass is 9.84. The minimum absolute atomic E-state index is 0.00132. The molecule has 0 aliphatic carbocycles. The molecule has 0 aromatic heterocycles. The highest BCUT2D eigenvalue weighted by atomic mass is 16.1. The summed E-state index contributed by atoms with van der Waals surface area (Å²) in [5.41, 5.74) is 5.76. The summed E-state index contributed by atoms with van der Waals surface area (Å²) in [7, 11) is 0. The molecule has 0 fully saturated rings. The van der Waals surface area contributed by atoms with Gasteiger partial charge in [-0.2, -0.15) is 0 Å². The van der Waals surface area contributed by atoms with Crippen molar-refractivity contribution in [1.82, 2.24) is 0 Å². The maximum absolute atomic E-state index is 10.9. The summed E-state index contributed by atoms with van der Waals surface area (Å²) in [6.07, 6.45) is 1.72. The number of allylic oxidation sites excluding steroid dienone is 1. The van der Waals surface area contributed by atoms with Crippen molar-refractivity contribution in [1.29, 1.82) is 0 Å². The molecular weight excluding hydrogens is 138 g/mol. The maximum atomic E-state index is 10.9. The molecule has 0 spiro atoms. The molecule has 0 radical (unpaired) electrons. The maximum Gasteiger partial charge on any atom is 0.156 e. The van der Waals surface area contributed by atoms with Crippen LogP contribution >= 0.6 is 0 Å². The SMILES string of the molecule is C=CC(=O)CC(N)C(C)(C)C. The van der Waals surface area contributed by atoms with Crippen LogP contribution in [0.3, 0.4) is 0 Å². The third-order valence-corrected chi connectivity index (χ3v) is 1.76. The van der Waals surface area contributed by atoms with Crippen molar-refractivity contribution < 1.29 is 4.79 Å². The van der Waals surface area contributed by atoms with E-state index in [1.165, 1.54) is 6.08 Å². The molecule has 64 valence electrons. The fourth-order valence-electron chi connectivity index (χ4n) is 0.606. The summed E-state index contributed by atoms with van der Waals surface area (Å²) >= 11 is 0. The van der Waals surface area contributed by atoms with Crippen LogP contribution in [-0.4, -0.2) is 11.8 Å². The number of carbonyl (C=O) groups excluding carboxylic acids is 1. The van der Waals surface area contributed by atoms with Gasteiger partial charge in [-0.1, -0.05) is 27.4 Å². The first-order valence-electron chi connectivity index (χ1n) is 3.78. The summed E-state index contributed by atoms with van der Waals surface area (Å²) in [5, 5.41) is 0. The lowest BCUT2D eigenvalue weighted by Crippen LogP contribution is -2.36. The van der Waals surface area contributed by atoms with Crippen molar-refractivity contribution in [3.8, 4) is 0 Å². The lowest BCUT2D eigenvalue weighted by Gasteiger charge is -2.25. The van der Waals surface area contributed by atoms with Crippen molar-refractivity contribution in [3.63, 3.8) is 0 Å². The van der Waals surface area contributed by atoms with Crippen LogP contribution in [-0.2, 0) is 4.79 Å². The number of ketones is 1. The Morgan fingerprint density at radius 1 is 1.64 bits per heavy atom. The highest BCUT2D eigenvalue weighted by molar-refractivity contribution is 5.89. The zero-order chi connectivity index (χ0) is 9.07. The highest BCUT2D eigenvalue weighted by Gasteiger charge is 2.21. The van der Waals surface area contributed by atoms with E-state index in [0.29, 0.717) is 6.42 Å². The Kier molecular flexibility index (Phi) is 3.46. The molecule has 0 aromatic rings. The third kappa shape index (κ3) is 3.94. The van der Waals surface area contributed by atoms with Crippen LogP contribution < -0.4 is 5.73 Å². The second kappa shape index (κ2) is 3.67. The van der Waals surface area contributed by atoms with Gasteiger partial charge < -0.3 is 5.73 Å². The van der Waals surface area contributed by atoms with Crippen LogP contribution in [0.5, 0.6) is 0 Å². The molecule has 2 heteroatoms. The topological polar surface area (TPSA) is 43.1 Å². The van der Waals surface area contributed by atoms with Gasteiger partial charge in [-0.05, 0) is 11.5 Å². The predicted octanol–water partition coefficient (Wildman–Crippen LogP) is 1.50. The second-order valence-corrected chi connectivity index (χ2v) is 3.85. The summed E-state index contributed by atoms with van der Waals surface area (Å²) in [4.78, 5) is 10.9. The Hall–Kier alpha value is -0.630. The van der Waals surface area contributed by atoms with Crippen molar-refractivity contribution in [2.45, 2.75) is 33.2 Å². The van der Waals surface area contributed by atoms with Crippen LogP contribution in [0.1, 0.15) is 27.2 Å². The summed E-state index contributed by atoms with van der Waals surface area (Å²) in [6, 6.07) is -0.0759. The van der Waals surface area contributed by atoms with E-state index in [1.807, 2.05) is 20.8 Å².